The molecule has 1 unspecified atom stereocenters. The number of amides is 2. The molecule has 0 bridgehead atoms. The number of hydrogen-bond donors (Lipinski definition) is 1. The van der Waals surface area contributed by atoms with E-state index in [1.54, 1.807) is 25.0 Å². The molecule has 0 saturated carbocycles. The lowest BCUT2D eigenvalue weighted by molar-refractivity contribution is -0.116. The number of ether oxygens (including phenoxy) is 1. The number of nitrogens with one attached hydrogen (secondary N) is 1. The van der Waals surface area contributed by atoms with Gasteiger partial charge in [-0.15, -0.1) is 0 Å². The topological polar surface area (TPSA) is 58.6 Å². The Balaban J connectivity index is 1.75. The predicted octanol–water partition coefficient (Wildman–Crippen LogP) is 3.49. The number of fused-ring (bicyclic) bond motifs is 1. The van der Waals surface area contributed by atoms with Gasteiger partial charge in [0.15, 0.2) is 0 Å². The molecule has 136 valence electrons. The Hall–Kier alpha value is -2.82. The predicted molar refractivity (Wildman–Crippen MR) is 102 cm³/mol. The maximum atomic E-state index is 12.7. The normalized spacial score (nSPS) is 13.9. The van der Waals surface area contributed by atoms with Gasteiger partial charge in [0.05, 0.1) is 13.2 Å². The van der Waals surface area contributed by atoms with Gasteiger partial charge in [0.2, 0.25) is 5.91 Å². The Morgan fingerprint density at radius 2 is 1.92 bits per heavy atom. The Labute approximate surface area is 154 Å². The first kappa shape index (κ1) is 18.0. The lowest BCUT2D eigenvalue weighted by Crippen LogP contribution is -2.28. The van der Waals surface area contributed by atoms with E-state index in [2.05, 4.69) is 5.32 Å². The third kappa shape index (κ3) is 3.57. The number of methoxy groups -OCH3 is 1. The van der Waals surface area contributed by atoms with Crippen LogP contribution in [0.5, 0.6) is 5.75 Å². The van der Waals surface area contributed by atoms with Crippen LogP contribution >= 0.6 is 0 Å². The van der Waals surface area contributed by atoms with Crippen molar-refractivity contribution < 1.29 is 14.3 Å². The molecule has 0 spiro atoms. The van der Waals surface area contributed by atoms with Gasteiger partial charge in [0.1, 0.15) is 5.75 Å². The zero-order chi connectivity index (χ0) is 18.7. The summed E-state index contributed by atoms with van der Waals surface area (Å²) in [4.78, 5) is 26.1. The van der Waals surface area contributed by atoms with Crippen molar-refractivity contribution in [3.63, 3.8) is 0 Å². The largest absolute Gasteiger partial charge is 0.497 e. The smallest absolute Gasteiger partial charge is 0.251 e. The average Bonchev–Trinajstić information content (AvgIpc) is 3.09. The van der Waals surface area contributed by atoms with E-state index in [1.165, 1.54) is 0 Å². The quantitative estimate of drug-likeness (QED) is 0.896. The van der Waals surface area contributed by atoms with Crippen LogP contribution in [0.25, 0.3) is 0 Å². The van der Waals surface area contributed by atoms with Crippen molar-refractivity contribution in [3.8, 4) is 5.75 Å². The van der Waals surface area contributed by atoms with Crippen molar-refractivity contribution >= 4 is 17.5 Å². The number of rotatable bonds is 5. The molecule has 0 radical (unpaired) electrons. The summed E-state index contributed by atoms with van der Waals surface area (Å²) in [6.07, 6.45) is 1.58. The zero-order valence-corrected chi connectivity index (χ0v) is 15.4. The van der Waals surface area contributed by atoms with E-state index in [1.807, 2.05) is 43.3 Å². The van der Waals surface area contributed by atoms with Crippen LogP contribution in [0.15, 0.2) is 42.5 Å². The van der Waals surface area contributed by atoms with Crippen LogP contribution in [-0.4, -0.2) is 25.5 Å². The first-order chi connectivity index (χ1) is 12.5. The molecule has 5 heteroatoms. The fraction of sp³-hybridized carbons (Fsp3) is 0.333. The second-order valence-corrected chi connectivity index (χ2v) is 6.47. The van der Waals surface area contributed by atoms with Gasteiger partial charge in [-0.3, -0.25) is 9.59 Å². The highest BCUT2D eigenvalue weighted by Gasteiger charge is 2.23. The summed E-state index contributed by atoms with van der Waals surface area (Å²) in [5, 5.41) is 3.10. The lowest BCUT2D eigenvalue weighted by Gasteiger charge is -2.19. The number of nitrogens with zero attached hydrogens (tertiary/aromatic N) is 1. The summed E-state index contributed by atoms with van der Waals surface area (Å²) >= 11 is 0. The monoisotopic (exact) mass is 352 g/mol. The maximum absolute atomic E-state index is 12.7. The van der Waals surface area contributed by atoms with Gasteiger partial charge in [-0.05, 0) is 54.3 Å². The van der Waals surface area contributed by atoms with E-state index in [9.17, 15) is 9.59 Å². The summed E-state index contributed by atoms with van der Waals surface area (Å²) in [6, 6.07) is 13.2. The van der Waals surface area contributed by atoms with E-state index in [-0.39, 0.29) is 17.9 Å². The second kappa shape index (κ2) is 7.60. The highest BCUT2D eigenvalue weighted by Crippen LogP contribution is 2.29. The van der Waals surface area contributed by atoms with Crippen LogP contribution in [0.3, 0.4) is 0 Å². The summed E-state index contributed by atoms with van der Waals surface area (Å²) in [5.74, 6) is 0.729. The molecule has 1 N–H and O–H groups in total. The number of hydrogen-bond acceptors (Lipinski definition) is 3. The Bertz CT molecular complexity index is 815. The molecule has 2 amide bonds. The summed E-state index contributed by atoms with van der Waals surface area (Å²) in [5.41, 5.74) is 3.63. The molecule has 2 aromatic rings. The summed E-state index contributed by atoms with van der Waals surface area (Å²) in [6.45, 7) is 4.29. The van der Waals surface area contributed by atoms with Gasteiger partial charge in [0.25, 0.3) is 5.91 Å². The minimum absolute atomic E-state index is 0.0338. The van der Waals surface area contributed by atoms with Gasteiger partial charge >= 0.3 is 0 Å². The summed E-state index contributed by atoms with van der Waals surface area (Å²) in [7, 11) is 1.63. The highest BCUT2D eigenvalue weighted by molar-refractivity contribution is 5.98. The van der Waals surface area contributed by atoms with Gasteiger partial charge in [-0.2, -0.15) is 0 Å². The van der Waals surface area contributed by atoms with Gasteiger partial charge in [-0.1, -0.05) is 19.1 Å². The van der Waals surface area contributed by atoms with Crippen LogP contribution in [0.2, 0.25) is 0 Å². The lowest BCUT2D eigenvalue weighted by atomic mass is 10.0. The van der Waals surface area contributed by atoms with Crippen molar-refractivity contribution in [1.82, 2.24) is 5.32 Å². The van der Waals surface area contributed by atoms with E-state index in [0.29, 0.717) is 12.1 Å². The van der Waals surface area contributed by atoms with E-state index < -0.39 is 0 Å². The SMILES string of the molecule is CCC(NC(=O)c1ccc2c(c1)CCN2C(C)=O)c1ccc(OC)cc1. The molecule has 0 fully saturated rings. The van der Waals surface area contributed by atoms with Crippen molar-refractivity contribution in [1.29, 1.82) is 0 Å². The number of benzene rings is 2. The second-order valence-electron chi connectivity index (χ2n) is 6.47. The molecule has 1 aliphatic heterocycles. The van der Waals surface area contributed by atoms with Crippen LogP contribution in [0, 0.1) is 0 Å². The summed E-state index contributed by atoms with van der Waals surface area (Å²) < 4.78 is 5.19. The minimum Gasteiger partial charge on any atom is -0.497 e. The average molecular weight is 352 g/mol. The van der Waals surface area contributed by atoms with E-state index in [0.717, 1.165) is 35.4 Å². The van der Waals surface area contributed by atoms with E-state index in [4.69, 9.17) is 4.74 Å². The van der Waals surface area contributed by atoms with Crippen LogP contribution in [0.1, 0.15) is 47.8 Å². The molecule has 1 aliphatic rings. The highest BCUT2D eigenvalue weighted by atomic mass is 16.5. The van der Waals surface area contributed by atoms with Gasteiger partial charge in [-0.25, -0.2) is 0 Å². The van der Waals surface area contributed by atoms with Crippen molar-refractivity contribution in [2.75, 3.05) is 18.6 Å². The third-order valence-corrected chi connectivity index (χ3v) is 4.85. The molecule has 2 aromatic carbocycles. The molecule has 0 saturated heterocycles. The molecular weight excluding hydrogens is 328 g/mol. The standard InChI is InChI=1S/C21H24N2O3/c1-4-19(15-5-8-18(26-3)9-6-15)22-21(25)17-7-10-20-16(13-17)11-12-23(20)14(2)24/h5-10,13,19H,4,11-12H2,1-3H3,(H,22,25). The molecule has 0 aromatic heterocycles. The molecular formula is C21H24N2O3. The van der Waals surface area contributed by atoms with Crippen molar-refractivity contribution in [3.05, 3.63) is 59.2 Å². The molecule has 1 atom stereocenters. The van der Waals surface area contributed by atoms with E-state index >= 15 is 0 Å². The molecule has 0 aliphatic carbocycles. The Kier molecular flexibility index (Phi) is 5.26. The van der Waals surface area contributed by atoms with Crippen molar-refractivity contribution in [2.24, 2.45) is 0 Å². The Morgan fingerprint density at radius 3 is 2.54 bits per heavy atom. The van der Waals surface area contributed by atoms with Crippen molar-refractivity contribution in [2.45, 2.75) is 32.7 Å². The Morgan fingerprint density at radius 1 is 1.19 bits per heavy atom. The zero-order valence-electron chi connectivity index (χ0n) is 15.4. The fourth-order valence-corrected chi connectivity index (χ4v) is 3.37. The fourth-order valence-electron chi connectivity index (χ4n) is 3.37. The van der Waals surface area contributed by atoms with Gasteiger partial charge in [0, 0.05) is 24.7 Å². The first-order valence-electron chi connectivity index (χ1n) is 8.89. The molecule has 1 heterocycles. The molecule has 3 rings (SSSR count). The maximum Gasteiger partial charge on any atom is 0.251 e. The first-order valence-corrected chi connectivity index (χ1v) is 8.89. The number of carbonyl (C=O) groups excluding carboxylic acids is 2. The van der Waals surface area contributed by atoms with Crippen LogP contribution in [-0.2, 0) is 11.2 Å². The molecule has 26 heavy (non-hydrogen) atoms. The van der Waals surface area contributed by atoms with Gasteiger partial charge < -0.3 is 15.0 Å². The third-order valence-electron chi connectivity index (χ3n) is 4.85. The van der Waals surface area contributed by atoms with Crippen LogP contribution < -0.4 is 15.0 Å². The molecule has 5 nitrogen and oxygen atoms in total. The minimum atomic E-state index is -0.100. The number of anilines is 1. The number of carbonyl (C=O) groups is 2. The van der Waals surface area contributed by atoms with Crippen LogP contribution in [0.4, 0.5) is 5.69 Å².